The Morgan fingerprint density at radius 2 is 1.88 bits per heavy atom. The zero-order chi connectivity index (χ0) is 24.1. The largest absolute Gasteiger partial charge is 0.493 e. The van der Waals surface area contributed by atoms with Gasteiger partial charge < -0.3 is 14.2 Å². The smallest absolute Gasteiger partial charge is 0.326 e. The summed E-state index contributed by atoms with van der Waals surface area (Å²) in [6, 6.07) is 10.5. The van der Waals surface area contributed by atoms with Crippen LogP contribution in [0.3, 0.4) is 0 Å². The number of methoxy groups -OCH3 is 1. The highest BCUT2D eigenvalue weighted by Gasteiger charge is 2.36. The molecule has 1 aliphatic rings. The van der Waals surface area contributed by atoms with Crippen molar-refractivity contribution in [1.29, 1.82) is 0 Å². The number of thioether (sulfide) groups is 1. The monoisotopic (exact) mass is 509 g/mol. The third-order valence-electron chi connectivity index (χ3n) is 4.41. The Balaban J connectivity index is 1.79. The zero-order valence-corrected chi connectivity index (χ0v) is 20.4. The second-order valence-electron chi connectivity index (χ2n) is 7.22. The van der Waals surface area contributed by atoms with Crippen LogP contribution in [-0.2, 0) is 20.9 Å². The quantitative estimate of drug-likeness (QED) is 0.339. The molecule has 0 atom stereocenters. The van der Waals surface area contributed by atoms with Crippen LogP contribution in [0, 0.1) is 0 Å². The van der Waals surface area contributed by atoms with Gasteiger partial charge in [0.25, 0.3) is 11.1 Å². The predicted octanol–water partition coefficient (Wildman–Crippen LogP) is 5.57. The van der Waals surface area contributed by atoms with Gasteiger partial charge in [-0.05, 0) is 55.4 Å². The zero-order valence-electron chi connectivity index (χ0n) is 18.1. The van der Waals surface area contributed by atoms with Crippen molar-refractivity contribution in [1.82, 2.24) is 4.90 Å². The van der Waals surface area contributed by atoms with Gasteiger partial charge in [-0.15, -0.1) is 0 Å². The van der Waals surface area contributed by atoms with Gasteiger partial charge in [-0.3, -0.25) is 19.3 Å². The SMILES string of the molecule is COc1cc(/C=C2/SC(=O)N(CC(=O)OC(C)C)C2=O)cc(Cl)c1OCc1ccccc1Cl. The highest BCUT2D eigenvalue weighted by Crippen LogP contribution is 2.39. The molecule has 1 heterocycles. The van der Waals surface area contributed by atoms with E-state index in [4.69, 9.17) is 37.4 Å². The van der Waals surface area contributed by atoms with Crippen LogP contribution in [0.25, 0.3) is 6.08 Å². The lowest BCUT2D eigenvalue weighted by atomic mass is 10.1. The molecule has 7 nitrogen and oxygen atoms in total. The molecule has 0 saturated carbocycles. The van der Waals surface area contributed by atoms with Gasteiger partial charge in [-0.1, -0.05) is 41.4 Å². The molecule has 174 valence electrons. The van der Waals surface area contributed by atoms with E-state index in [1.54, 1.807) is 32.0 Å². The first-order valence-electron chi connectivity index (χ1n) is 9.88. The maximum absolute atomic E-state index is 12.6. The molecule has 33 heavy (non-hydrogen) atoms. The predicted molar refractivity (Wildman–Crippen MR) is 128 cm³/mol. The second kappa shape index (κ2) is 11.0. The Morgan fingerprint density at radius 1 is 1.15 bits per heavy atom. The number of hydrogen-bond acceptors (Lipinski definition) is 7. The molecule has 1 saturated heterocycles. The Kier molecular flexibility index (Phi) is 8.29. The van der Waals surface area contributed by atoms with E-state index < -0.39 is 23.7 Å². The Morgan fingerprint density at radius 3 is 2.55 bits per heavy atom. The van der Waals surface area contributed by atoms with Crippen LogP contribution in [0.5, 0.6) is 11.5 Å². The molecule has 1 fully saturated rings. The van der Waals surface area contributed by atoms with Crippen LogP contribution in [0.15, 0.2) is 41.3 Å². The normalized spacial score (nSPS) is 14.8. The lowest BCUT2D eigenvalue weighted by molar-refractivity contribution is -0.149. The number of rotatable bonds is 8. The van der Waals surface area contributed by atoms with E-state index in [0.29, 0.717) is 22.1 Å². The maximum Gasteiger partial charge on any atom is 0.326 e. The van der Waals surface area contributed by atoms with Gasteiger partial charge in [0, 0.05) is 10.6 Å². The molecule has 0 aromatic heterocycles. The summed E-state index contributed by atoms with van der Waals surface area (Å²) in [7, 11) is 1.46. The average Bonchev–Trinajstić information content (AvgIpc) is 3.00. The fourth-order valence-electron chi connectivity index (χ4n) is 2.95. The summed E-state index contributed by atoms with van der Waals surface area (Å²) in [6.07, 6.45) is 1.16. The number of nitrogens with zero attached hydrogens (tertiary/aromatic N) is 1. The van der Waals surface area contributed by atoms with Gasteiger partial charge in [0.1, 0.15) is 13.2 Å². The van der Waals surface area contributed by atoms with Crippen molar-refractivity contribution < 1.29 is 28.6 Å². The van der Waals surface area contributed by atoms with Crippen LogP contribution < -0.4 is 9.47 Å². The molecule has 2 aromatic rings. The van der Waals surface area contributed by atoms with Gasteiger partial charge in [0.15, 0.2) is 11.5 Å². The van der Waals surface area contributed by atoms with Gasteiger partial charge in [-0.2, -0.15) is 0 Å². The van der Waals surface area contributed by atoms with Crippen LogP contribution in [0.1, 0.15) is 25.0 Å². The number of halogens is 2. The third-order valence-corrected chi connectivity index (χ3v) is 5.96. The van der Waals surface area contributed by atoms with Crippen molar-refractivity contribution in [2.24, 2.45) is 0 Å². The fourth-order valence-corrected chi connectivity index (χ4v) is 4.25. The third kappa shape index (κ3) is 6.22. The summed E-state index contributed by atoms with van der Waals surface area (Å²) in [4.78, 5) is 37.7. The summed E-state index contributed by atoms with van der Waals surface area (Å²) < 4.78 is 16.3. The standard InChI is InChI=1S/C23H21Cl2NO6S/c1-13(2)32-20(27)11-26-22(28)19(33-23(26)29)10-14-8-17(25)21(18(9-14)30-3)31-12-15-6-4-5-7-16(15)24/h4-10,13H,11-12H2,1-3H3/b19-10+. The molecule has 2 aromatic carbocycles. The van der Waals surface area contributed by atoms with E-state index in [0.717, 1.165) is 22.2 Å². The first-order chi connectivity index (χ1) is 15.7. The first kappa shape index (κ1) is 25.0. The topological polar surface area (TPSA) is 82.1 Å². The molecular formula is C23H21Cl2NO6S. The molecular weight excluding hydrogens is 489 g/mol. The highest BCUT2D eigenvalue weighted by atomic mass is 35.5. The molecule has 1 aliphatic heterocycles. The number of hydrogen-bond donors (Lipinski definition) is 0. The fraction of sp³-hybridized carbons (Fsp3) is 0.261. The Hall–Kier alpha value is -2.68. The number of ether oxygens (including phenoxy) is 3. The molecule has 0 spiro atoms. The van der Waals surface area contributed by atoms with E-state index in [-0.39, 0.29) is 22.6 Å². The van der Waals surface area contributed by atoms with Crippen molar-refractivity contribution in [3.05, 3.63) is 62.5 Å². The molecule has 3 rings (SSSR count). The Bertz CT molecular complexity index is 1120. The number of carbonyl (C=O) groups is 3. The van der Waals surface area contributed by atoms with Crippen molar-refractivity contribution in [2.45, 2.75) is 26.6 Å². The maximum atomic E-state index is 12.6. The van der Waals surface area contributed by atoms with E-state index in [9.17, 15) is 14.4 Å². The first-order valence-corrected chi connectivity index (χ1v) is 11.5. The van der Waals surface area contributed by atoms with Crippen molar-refractivity contribution in [2.75, 3.05) is 13.7 Å². The lowest BCUT2D eigenvalue weighted by Crippen LogP contribution is -2.35. The van der Waals surface area contributed by atoms with E-state index in [1.165, 1.54) is 13.2 Å². The van der Waals surface area contributed by atoms with Crippen LogP contribution in [0.4, 0.5) is 4.79 Å². The summed E-state index contributed by atoms with van der Waals surface area (Å²) in [5, 5.41) is 0.273. The minimum atomic E-state index is -0.654. The second-order valence-corrected chi connectivity index (χ2v) is 9.03. The molecule has 0 aliphatic carbocycles. The minimum absolute atomic E-state index is 0.153. The van der Waals surface area contributed by atoms with Crippen LogP contribution in [0.2, 0.25) is 10.0 Å². The molecule has 0 bridgehead atoms. The molecule has 2 amide bonds. The number of amides is 2. The average molecular weight is 510 g/mol. The summed E-state index contributed by atoms with van der Waals surface area (Å²) in [5.41, 5.74) is 1.31. The van der Waals surface area contributed by atoms with Gasteiger partial charge in [-0.25, -0.2) is 0 Å². The number of benzene rings is 2. The van der Waals surface area contributed by atoms with Crippen molar-refractivity contribution >= 4 is 58.2 Å². The lowest BCUT2D eigenvalue weighted by Gasteiger charge is -2.14. The van der Waals surface area contributed by atoms with Crippen LogP contribution in [-0.4, -0.2) is 41.8 Å². The summed E-state index contributed by atoms with van der Waals surface area (Å²) >= 11 is 13.3. The Labute approximate surface area is 205 Å². The minimum Gasteiger partial charge on any atom is -0.493 e. The van der Waals surface area contributed by atoms with E-state index in [2.05, 4.69) is 0 Å². The van der Waals surface area contributed by atoms with E-state index in [1.807, 2.05) is 18.2 Å². The van der Waals surface area contributed by atoms with Gasteiger partial charge in [0.2, 0.25) is 0 Å². The van der Waals surface area contributed by atoms with Crippen molar-refractivity contribution in [3.63, 3.8) is 0 Å². The summed E-state index contributed by atoms with van der Waals surface area (Å²) in [6.45, 7) is 3.11. The van der Waals surface area contributed by atoms with Gasteiger partial charge >= 0.3 is 5.97 Å². The number of esters is 1. The number of imide groups is 1. The van der Waals surface area contributed by atoms with Crippen molar-refractivity contribution in [3.8, 4) is 11.5 Å². The highest BCUT2D eigenvalue weighted by molar-refractivity contribution is 8.18. The summed E-state index contributed by atoms with van der Waals surface area (Å²) in [5.74, 6) is -0.570. The molecule has 0 N–H and O–H groups in total. The number of carbonyl (C=O) groups excluding carboxylic acids is 3. The molecule has 0 radical (unpaired) electrons. The van der Waals surface area contributed by atoms with Gasteiger partial charge in [0.05, 0.1) is 23.1 Å². The molecule has 0 unspecified atom stereocenters. The van der Waals surface area contributed by atoms with E-state index >= 15 is 0 Å². The molecule has 10 heteroatoms. The van der Waals surface area contributed by atoms with Crippen LogP contribution >= 0.6 is 35.0 Å².